The smallest absolute Gasteiger partial charge is 0.240 e. The van der Waals surface area contributed by atoms with Crippen LogP contribution in [0.25, 0.3) is 0 Å². The van der Waals surface area contributed by atoms with Crippen LogP contribution in [0.4, 0.5) is 17.3 Å². The first-order valence-electron chi connectivity index (χ1n) is 13.2. The summed E-state index contributed by atoms with van der Waals surface area (Å²) in [6, 6.07) is 15.8. The Morgan fingerprint density at radius 1 is 0.973 bits per heavy atom. The van der Waals surface area contributed by atoms with Gasteiger partial charge in [-0.15, -0.1) is 0 Å². The van der Waals surface area contributed by atoms with Gasteiger partial charge < -0.3 is 15.1 Å². The molecule has 2 N–H and O–H groups in total. The van der Waals surface area contributed by atoms with Crippen LogP contribution in [-0.2, 0) is 29.3 Å². The number of likely N-dealkylation sites (N-methyl/N-ethyl adjacent to an activating group) is 1. The van der Waals surface area contributed by atoms with Crippen LogP contribution >= 0.6 is 0 Å². The number of nitrogens with one attached hydrogen (secondary N) is 2. The first-order chi connectivity index (χ1) is 17.9. The molecule has 0 bridgehead atoms. The summed E-state index contributed by atoms with van der Waals surface area (Å²) in [5, 5.41) is 3.41. The number of nitrogens with zero attached hydrogens (tertiary/aromatic N) is 4. The van der Waals surface area contributed by atoms with Gasteiger partial charge in [0.15, 0.2) is 0 Å². The molecule has 194 valence electrons. The number of piperazine rings is 1. The Kier molecular flexibility index (Phi) is 6.60. The van der Waals surface area contributed by atoms with Gasteiger partial charge in [-0.25, -0.2) is 23.1 Å². The molecule has 9 heteroatoms. The minimum absolute atomic E-state index is 0.0862. The highest BCUT2D eigenvalue weighted by Gasteiger charge is 2.28. The van der Waals surface area contributed by atoms with E-state index in [1.807, 2.05) is 12.1 Å². The molecule has 1 aromatic heterocycles. The standard InChI is InChI=1S/C28H34N6O2S/c1-33-14-16-34(17-15-33)23-12-10-21(11-13-23)29-28-30-26-7-3-6-25(26)27(31-28)19-20-4-2-5-24(18-20)37(35,36)32-22-8-9-22/h2,4-5,10-13,18,22,32H,3,6-9,14-17,19H2,1H3,(H,29,30,31). The summed E-state index contributed by atoms with van der Waals surface area (Å²) in [5.41, 5.74) is 6.42. The maximum atomic E-state index is 12.7. The maximum Gasteiger partial charge on any atom is 0.240 e. The van der Waals surface area contributed by atoms with Gasteiger partial charge in [0.25, 0.3) is 0 Å². The molecule has 8 nitrogen and oxygen atoms in total. The number of aryl methyl sites for hydroxylation is 1. The number of sulfonamides is 1. The van der Waals surface area contributed by atoms with Gasteiger partial charge in [-0.3, -0.25) is 0 Å². The third-order valence-electron chi connectivity index (χ3n) is 7.49. The molecule has 6 rings (SSSR count). The zero-order chi connectivity index (χ0) is 25.4. The number of anilines is 3. The van der Waals surface area contributed by atoms with Crippen LogP contribution in [0.1, 0.15) is 41.8 Å². The van der Waals surface area contributed by atoms with E-state index < -0.39 is 10.0 Å². The van der Waals surface area contributed by atoms with Crippen molar-refractivity contribution < 1.29 is 8.42 Å². The molecule has 3 aromatic rings. The molecule has 1 saturated heterocycles. The van der Waals surface area contributed by atoms with E-state index in [0.717, 1.165) is 80.9 Å². The van der Waals surface area contributed by atoms with E-state index in [9.17, 15) is 8.42 Å². The van der Waals surface area contributed by atoms with Crippen LogP contribution in [0.15, 0.2) is 53.4 Å². The van der Waals surface area contributed by atoms with Crippen molar-refractivity contribution in [3.05, 3.63) is 71.0 Å². The number of rotatable bonds is 8. The van der Waals surface area contributed by atoms with Crippen LogP contribution in [0.3, 0.4) is 0 Å². The number of aromatic nitrogens is 2. The van der Waals surface area contributed by atoms with Crippen molar-refractivity contribution in [2.45, 2.75) is 49.5 Å². The molecule has 3 aliphatic rings. The minimum Gasteiger partial charge on any atom is -0.369 e. The predicted octanol–water partition coefficient (Wildman–Crippen LogP) is 3.49. The molecule has 0 radical (unpaired) electrons. The fourth-order valence-electron chi connectivity index (χ4n) is 5.17. The van der Waals surface area contributed by atoms with Gasteiger partial charge >= 0.3 is 0 Å². The number of fused-ring (bicyclic) bond motifs is 1. The molecule has 1 aliphatic heterocycles. The Labute approximate surface area is 219 Å². The average molecular weight is 519 g/mol. The molecule has 0 spiro atoms. The average Bonchev–Trinajstić information content (AvgIpc) is 3.56. The number of benzene rings is 2. The minimum atomic E-state index is -3.49. The van der Waals surface area contributed by atoms with Crippen molar-refractivity contribution in [2.24, 2.45) is 0 Å². The van der Waals surface area contributed by atoms with Gasteiger partial charge in [0.05, 0.1) is 10.6 Å². The quantitative estimate of drug-likeness (QED) is 0.472. The van der Waals surface area contributed by atoms with E-state index in [0.29, 0.717) is 17.3 Å². The van der Waals surface area contributed by atoms with Gasteiger partial charge in [0.1, 0.15) is 0 Å². The highest BCUT2D eigenvalue weighted by molar-refractivity contribution is 7.89. The lowest BCUT2D eigenvalue weighted by molar-refractivity contribution is 0.313. The van der Waals surface area contributed by atoms with Gasteiger partial charge in [-0.05, 0) is 86.7 Å². The van der Waals surface area contributed by atoms with Crippen LogP contribution in [0.5, 0.6) is 0 Å². The van der Waals surface area contributed by atoms with Gasteiger partial charge in [0.2, 0.25) is 16.0 Å². The fourth-order valence-corrected chi connectivity index (χ4v) is 6.54. The zero-order valence-corrected chi connectivity index (χ0v) is 22.1. The molecule has 0 atom stereocenters. The Morgan fingerprint density at radius 3 is 2.51 bits per heavy atom. The first kappa shape index (κ1) is 24.3. The van der Waals surface area contributed by atoms with E-state index in [4.69, 9.17) is 9.97 Å². The Balaban J connectivity index is 1.20. The third-order valence-corrected chi connectivity index (χ3v) is 9.01. The predicted molar refractivity (Wildman–Crippen MR) is 146 cm³/mol. The molecule has 0 unspecified atom stereocenters. The summed E-state index contributed by atoms with van der Waals surface area (Å²) < 4.78 is 28.2. The summed E-state index contributed by atoms with van der Waals surface area (Å²) in [6.07, 6.45) is 5.39. The van der Waals surface area contributed by atoms with E-state index in [-0.39, 0.29) is 6.04 Å². The molecule has 0 amide bonds. The highest BCUT2D eigenvalue weighted by atomic mass is 32.2. The molecule has 2 aromatic carbocycles. The molecule has 37 heavy (non-hydrogen) atoms. The molecule has 2 fully saturated rings. The van der Waals surface area contributed by atoms with Crippen molar-refractivity contribution in [1.82, 2.24) is 19.6 Å². The maximum absolute atomic E-state index is 12.7. The zero-order valence-electron chi connectivity index (χ0n) is 21.3. The second-order valence-corrected chi connectivity index (χ2v) is 12.2. The second kappa shape index (κ2) is 10.0. The molecular weight excluding hydrogens is 484 g/mol. The summed E-state index contributed by atoms with van der Waals surface area (Å²) in [4.78, 5) is 14.8. The summed E-state index contributed by atoms with van der Waals surface area (Å²) in [6.45, 7) is 4.24. The van der Waals surface area contributed by atoms with Crippen molar-refractivity contribution in [2.75, 3.05) is 43.4 Å². The Bertz CT molecular complexity index is 1380. The molecule has 2 heterocycles. The lowest BCUT2D eigenvalue weighted by atomic mass is 10.0. The molecule has 1 saturated carbocycles. The lowest BCUT2D eigenvalue weighted by Gasteiger charge is -2.34. The summed E-state index contributed by atoms with van der Waals surface area (Å²) in [5.74, 6) is 0.599. The van der Waals surface area contributed by atoms with E-state index in [1.54, 1.807) is 12.1 Å². The summed E-state index contributed by atoms with van der Waals surface area (Å²) in [7, 11) is -1.32. The van der Waals surface area contributed by atoms with Gasteiger partial charge in [-0.1, -0.05) is 12.1 Å². The van der Waals surface area contributed by atoms with Crippen molar-refractivity contribution in [1.29, 1.82) is 0 Å². The van der Waals surface area contributed by atoms with Crippen molar-refractivity contribution in [3.63, 3.8) is 0 Å². The highest BCUT2D eigenvalue weighted by Crippen LogP contribution is 2.28. The van der Waals surface area contributed by atoms with E-state index >= 15 is 0 Å². The topological polar surface area (TPSA) is 90.5 Å². The van der Waals surface area contributed by atoms with Crippen LogP contribution in [0, 0.1) is 0 Å². The normalized spacial score (nSPS) is 18.1. The SMILES string of the molecule is CN1CCN(c2ccc(Nc3nc4c(c(Cc5cccc(S(=O)(=O)NC6CC6)c5)n3)CCC4)cc2)CC1. The van der Waals surface area contributed by atoms with Crippen LogP contribution in [0.2, 0.25) is 0 Å². The third kappa shape index (κ3) is 5.63. The van der Waals surface area contributed by atoms with Crippen LogP contribution in [-0.4, -0.2) is 62.6 Å². The van der Waals surface area contributed by atoms with Crippen LogP contribution < -0.4 is 14.9 Å². The fraction of sp³-hybridized carbons (Fsp3) is 0.429. The first-order valence-corrected chi connectivity index (χ1v) is 14.7. The lowest BCUT2D eigenvalue weighted by Crippen LogP contribution is -2.44. The monoisotopic (exact) mass is 518 g/mol. The molecule has 2 aliphatic carbocycles. The number of hydrogen-bond acceptors (Lipinski definition) is 7. The van der Waals surface area contributed by atoms with Crippen molar-refractivity contribution in [3.8, 4) is 0 Å². The Hall–Kier alpha value is -3.01. The molecular formula is C28H34N6O2S. The van der Waals surface area contributed by atoms with Crippen molar-refractivity contribution >= 4 is 27.3 Å². The van der Waals surface area contributed by atoms with Gasteiger partial charge in [-0.2, -0.15) is 0 Å². The number of hydrogen-bond donors (Lipinski definition) is 2. The largest absolute Gasteiger partial charge is 0.369 e. The second-order valence-electron chi connectivity index (χ2n) is 10.5. The van der Waals surface area contributed by atoms with Gasteiger partial charge in [0, 0.05) is 55.7 Å². The Morgan fingerprint density at radius 2 is 1.76 bits per heavy atom. The van der Waals surface area contributed by atoms with E-state index in [1.165, 1.54) is 11.3 Å². The van der Waals surface area contributed by atoms with E-state index in [2.05, 4.69) is 51.2 Å². The summed E-state index contributed by atoms with van der Waals surface area (Å²) >= 11 is 0.